The smallest absolute Gasteiger partial charge is 0.231 e. The van der Waals surface area contributed by atoms with Crippen molar-refractivity contribution in [2.45, 2.75) is 6.54 Å². The van der Waals surface area contributed by atoms with Crippen LogP contribution in [0.15, 0.2) is 60.9 Å². The molecule has 2 aliphatic rings. The van der Waals surface area contributed by atoms with Crippen LogP contribution in [0.25, 0.3) is 16.8 Å². The van der Waals surface area contributed by atoms with Crippen LogP contribution in [0.4, 0.5) is 5.82 Å². The summed E-state index contributed by atoms with van der Waals surface area (Å²) in [6.45, 7) is 4.96. The minimum Gasteiger partial charge on any atom is -0.454 e. The van der Waals surface area contributed by atoms with Gasteiger partial charge in [0.05, 0.1) is 5.69 Å². The second-order valence-electron chi connectivity index (χ2n) is 8.07. The topological polar surface area (TPSA) is 55.1 Å². The van der Waals surface area contributed by atoms with E-state index in [-0.39, 0.29) is 0 Å². The summed E-state index contributed by atoms with van der Waals surface area (Å²) in [6.07, 6.45) is 3.71. The fraction of sp³-hybridized carbons (Fsp3) is 0.250. The summed E-state index contributed by atoms with van der Waals surface area (Å²) in [5.74, 6) is 2.64. The molecular weight excluding hydrogens is 426 g/mol. The van der Waals surface area contributed by atoms with Gasteiger partial charge in [0.15, 0.2) is 17.3 Å². The number of rotatable bonds is 4. The highest BCUT2D eigenvalue weighted by atomic mass is 35.5. The molecule has 162 valence electrons. The molecule has 0 atom stereocenters. The maximum Gasteiger partial charge on any atom is 0.231 e. The zero-order valence-corrected chi connectivity index (χ0v) is 18.2. The van der Waals surface area contributed by atoms with Gasteiger partial charge in [0.25, 0.3) is 0 Å². The standard InChI is InChI=1S/C24H22ClN5O2/c25-19-3-1-2-18(13-19)20-14-21-24(26-6-7-30(21)27-20)29-10-8-28(9-11-29)15-17-4-5-22-23(12-17)32-16-31-22/h1-7,12-14H,8-11,15-16H2. The summed E-state index contributed by atoms with van der Waals surface area (Å²) < 4.78 is 12.8. The Morgan fingerprint density at radius 3 is 2.69 bits per heavy atom. The summed E-state index contributed by atoms with van der Waals surface area (Å²) in [6, 6.07) is 16.1. The number of hydrogen-bond donors (Lipinski definition) is 0. The first-order valence-electron chi connectivity index (χ1n) is 10.7. The molecule has 32 heavy (non-hydrogen) atoms. The van der Waals surface area contributed by atoms with E-state index in [0.717, 1.165) is 66.8 Å². The van der Waals surface area contributed by atoms with E-state index in [2.05, 4.69) is 28.0 Å². The Bertz CT molecular complexity index is 1280. The van der Waals surface area contributed by atoms with Crippen LogP contribution < -0.4 is 14.4 Å². The van der Waals surface area contributed by atoms with Gasteiger partial charge < -0.3 is 14.4 Å². The first kappa shape index (κ1) is 19.4. The van der Waals surface area contributed by atoms with E-state index >= 15 is 0 Å². The van der Waals surface area contributed by atoms with E-state index in [0.29, 0.717) is 11.8 Å². The Morgan fingerprint density at radius 1 is 0.938 bits per heavy atom. The van der Waals surface area contributed by atoms with Crippen LogP contribution in [0, 0.1) is 0 Å². The minimum absolute atomic E-state index is 0.309. The van der Waals surface area contributed by atoms with E-state index in [4.69, 9.17) is 31.2 Å². The molecule has 2 aromatic carbocycles. The zero-order chi connectivity index (χ0) is 21.5. The van der Waals surface area contributed by atoms with E-state index in [9.17, 15) is 0 Å². The second kappa shape index (κ2) is 8.00. The number of piperazine rings is 1. The molecule has 7 nitrogen and oxygen atoms in total. The lowest BCUT2D eigenvalue weighted by Gasteiger charge is -2.35. The lowest BCUT2D eigenvalue weighted by molar-refractivity contribution is 0.174. The van der Waals surface area contributed by atoms with Crippen molar-refractivity contribution in [1.29, 1.82) is 0 Å². The fourth-order valence-corrected chi connectivity index (χ4v) is 4.55. The minimum atomic E-state index is 0.309. The van der Waals surface area contributed by atoms with Crippen LogP contribution in [-0.4, -0.2) is 52.5 Å². The summed E-state index contributed by atoms with van der Waals surface area (Å²) in [4.78, 5) is 9.50. The molecule has 6 rings (SSSR count). The largest absolute Gasteiger partial charge is 0.454 e. The monoisotopic (exact) mass is 447 g/mol. The van der Waals surface area contributed by atoms with Crippen molar-refractivity contribution in [3.8, 4) is 22.8 Å². The molecule has 0 unspecified atom stereocenters. The Balaban J connectivity index is 1.18. The number of benzene rings is 2. The molecule has 4 aromatic rings. The average Bonchev–Trinajstić information content (AvgIpc) is 3.46. The van der Waals surface area contributed by atoms with Crippen molar-refractivity contribution < 1.29 is 9.47 Å². The lowest BCUT2D eigenvalue weighted by atomic mass is 10.1. The van der Waals surface area contributed by atoms with E-state index < -0.39 is 0 Å². The van der Waals surface area contributed by atoms with Crippen LogP contribution in [0.2, 0.25) is 5.02 Å². The molecule has 2 aromatic heterocycles. The molecule has 0 aliphatic carbocycles. The summed E-state index contributed by atoms with van der Waals surface area (Å²) in [7, 11) is 0. The number of fused-ring (bicyclic) bond motifs is 2. The van der Waals surface area contributed by atoms with Gasteiger partial charge in [-0.2, -0.15) is 5.10 Å². The maximum absolute atomic E-state index is 6.17. The molecule has 2 aliphatic heterocycles. The first-order chi connectivity index (χ1) is 15.7. The first-order valence-corrected chi connectivity index (χ1v) is 11.1. The lowest BCUT2D eigenvalue weighted by Crippen LogP contribution is -2.46. The van der Waals surface area contributed by atoms with Gasteiger partial charge in [0.2, 0.25) is 6.79 Å². The number of halogens is 1. The number of hydrogen-bond acceptors (Lipinski definition) is 6. The molecule has 0 N–H and O–H groups in total. The van der Waals surface area contributed by atoms with Crippen LogP contribution in [0.3, 0.4) is 0 Å². The normalized spacial score (nSPS) is 16.1. The van der Waals surface area contributed by atoms with Crippen LogP contribution >= 0.6 is 11.6 Å². The molecular formula is C24H22ClN5O2. The summed E-state index contributed by atoms with van der Waals surface area (Å²) in [5.41, 5.74) is 4.14. The number of anilines is 1. The van der Waals surface area contributed by atoms with Crippen LogP contribution in [-0.2, 0) is 6.54 Å². The van der Waals surface area contributed by atoms with Gasteiger partial charge in [-0.3, -0.25) is 4.90 Å². The molecule has 1 saturated heterocycles. The molecule has 1 fully saturated rings. The Morgan fingerprint density at radius 2 is 1.81 bits per heavy atom. The Labute approximate surface area is 190 Å². The van der Waals surface area contributed by atoms with Gasteiger partial charge in [0.1, 0.15) is 5.52 Å². The van der Waals surface area contributed by atoms with Crippen molar-refractivity contribution in [3.63, 3.8) is 0 Å². The molecule has 0 saturated carbocycles. The fourth-order valence-electron chi connectivity index (χ4n) is 4.36. The van der Waals surface area contributed by atoms with Crippen LogP contribution in [0.1, 0.15) is 5.56 Å². The quantitative estimate of drug-likeness (QED) is 0.469. The highest BCUT2D eigenvalue weighted by molar-refractivity contribution is 6.30. The Kier molecular flexibility index (Phi) is 4.85. The molecule has 0 bridgehead atoms. The van der Waals surface area contributed by atoms with Gasteiger partial charge in [-0.25, -0.2) is 9.50 Å². The van der Waals surface area contributed by atoms with E-state index in [1.165, 1.54) is 5.56 Å². The van der Waals surface area contributed by atoms with Crippen molar-refractivity contribution in [3.05, 3.63) is 71.5 Å². The SMILES string of the molecule is Clc1cccc(-c2cc3c(N4CCN(Cc5ccc6c(c5)OCO6)CC4)nccn3n2)c1. The van der Waals surface area contributed by atoms with Crippen molar-refractivity contribution in [2.75, 3.05) is 37.9 Å². The second-order valence-corrected chi connectivity index (χ2v) is 8.51. The van der Waals surface area contributed by atoms with Crippen LogP contribution in [0.5, 0.6) is 11.5 Å². The summed E-state index contributed by atoms with van der Waals surface area (Å²) >= 11 is 6.17. The summed E-state index contributed by atoms with van der Waals surface area (Å²) in [5, 5.41) is 5.44. The van der Waals surface area contributed by atoms with Crippen molar-refractivity contribution in [1.82, 2.24) is 19.5 Å². The predicted molar refractivity (Wildman–Crippen MR) is 123 cm³/mol. The predicted octanol–water partition coefficient (Wildman–Crippen LogP) is 4.10. The average molecular weight is 448 g/mol. The zero-order valence-electron chi connectivity index (χ0n) is 17.4. The highest BCUT2D eigenvalue weighted by Crippen LogP contribution is 2.33. The molecule has 4 heterocycles. The van der Waals surface area contributed by atoms with Gasteiger partial charge in [-0.1, -0.05) is 29.8 Å². The van der Waals surface area contributed by atoms with Gasteiger partial charge in [-0.05, 0) is 35.9 Å². The third kappa shape index (κ3) is 3.63. The Hall–Kier alpha value is -3.29. The van der Waals surface area contributed by atoms with E-state index in [1.54, 1.807) is 0 Å². The number of aromatic nitrogens is 3. The van der Waals surface area contributed by atoms with Crippen molar-refractivity contribution >= 4 is 22.9 Å². The van der Waals surface area contributed by atoms with Crippen molar-refractivity contribution in [2.24, 2.45) is 0 Å². The number of nitrogens with zero attached hydrogens (tertiary/aromatic N) is 5. The molecule has 0 amide bonds. The third-order valence-electron chi connectivity index (χ3n) is 6.00. The van der Waals surface area contributed by atoms with Gasteiger partial charge >= 0.3 is 0 Å². The molecule has 8 heteroatoms. The molecule has 0 radical (unpaired) electrons. The number of ether oxygens (including phenoxy) is 2. The third-order valence-corrected chi connectivity index (χ3v) is 6.24. The highest BCUT2D eigenvalue weighted by Gasteiger charge is 2.22. The van der Waals surface area contributed by atoms with Gasteiger partial charge in [-0.15, -0.1) is 0 Å². The van der Waals surface area contributed by atoms with Gasteiger partial charge in [0, 0.05) is 55.7 Å². The molecule has 0 spiro atoms. The maximum atomic E-state index is 6.17. The van der Waals surface area contributed by atoms with E-state index in [1.807, 2.05) is 47.2 Å².